The molecule has 4 rings (SSSR count). The molecule has 2 aliphatic rings. The highest BCUT2D eigenvalue weighted by Crippen LogP contribution is 2.36. The van der Waals surface area contributed by atoms with E-state index in [1.54, 1.807) is 0 Å². The molecular weight excluding hydrogens is 314 g/mol. The van der Waals surface area contributed by atoms with Crippen LogP contribution in [0.4, 0.5) is 5.82 Å². The van der Waals surface area contributed by atoms with Gasteiger partial charge < -0.3 is 10.0 Å². The standard InChI is InChI=1S/C19H27N5O/c1-12-20-17(13-8-14(25)9-13)10-19(21-12)24(2)11-18-15-6-4-3-5-7-16(15)22-23-18/h10,13-14,25H,3-9,11H2,1-2H3,(H,22,23). The fraction of sp³-hybridized carbons (Fsp3) is 0.632. The zero-order valence-corrected chi connectivity index (χ0v) is 15.1. The second kappa shape index (κ2) is 6.75. The van der Waals surface area contributed by atoms with Crippen LogP contribution in [0.2, 0.25) is 0 Å². The molecule has 6 nitrogen and oxygen atoms in total. The fourth-order valence-corrected chi connectivity index (χ4v) is 3.97. The summed E-state index contributed by atoms with van der Waals surface area (Å²) in [6, 6.07) is 2.08. The first-order valence-electron chi connectivity index (χ1n) is 9.40. The highest BCUT2D eigenvalue weighted by molar-refractivity contribution is 5.42. The molecule has 0 bridgehead atoms. The molecule has 6 heteroatoms. The number of fused-ring (bicyclic) bond motifs is 1. The molecule has 0 atom stereocenters. The van der Waals surface area contributed by atoms with Crippen LogP contribution in [-0.2, 0) is 19.4 Å². The van der Waals surface area contributed by atoms with Gasteiger partial charge in [-0.05, 0) is 51.0 Å². The van der Waals surface area contributed by atoms with E-state index in [0.29, 0.717) is 5.92 Å². The van der Waals surface area contributed by atoms with Crippen LogP contribution in [0.3, 0.4) is 0 Å². The smallest absolute Gasteiger partial charge is 0.132 e. The van der Waals surface area contributed by atoms with Crippen LogP contribution in [0.15, 0.2) is 6.07 Å². The highest BCUT2D eigenvalue weighted by atomic mass is 16.3. The Morgan fingerprint density at radius 1 is 1.20 bits per heavy atom. The summed E-state index contributed by atoms with van der Waals surface area (Å²) in [4.78, 5) is 11.4. The van der Waals surface area contributed by atoms with Gasteiger partial charge in [-0.1, -0.05) is 6.42 Å². The third-order valence-corrected chi connectivity index (χ3v) is 5.55. The van der Waals surface area contributed by atoms with E-state index in [1.807, 2.05) is 6.92 Å². The maximum absolute atomic E-state index is 9.57. The van der Waals surface area contributed by atoms with Crippen molar-refractivity contribution in [2.45, 2.75) is 70.4 Å². The summed E-state index contributed by atoms with van der Waals surface area (Å²) in [6.45, 7) is 2.70. The second-order valence-electron chi connectivity index (χ2n) is 7.56. The Kier molecular flexibility index (Phi) is 4.46. The van der Waals surface area contributed by atoms with Crippen LogP contribution < -0.4 is 4.90 Å². The normalized spacial score (nSPS) is 22.8. The molecule has 1 saturated carbocycles. The molecule has 134 valence electrons. The Morgan fingerprint density at radius 2 is 2.00 bits per heavy atom. The molecule has 2 N–H and O–H groups in total. The number of rotatable bonds is 4. The summed E-state index contributed by atoms with van der Waals surface area (Å²) >= 11 is 0. The lowest BCUT2D eigenvalue weighted by atomic mass is 9.80. The van der Waals surface area contributed by atoms with Crippen LogP contribution in [-0.4, -0.2) is 38.4 Å². The number of hydrogen-bond donors (Lipinski definition) is 2. The number of hydrogen-bond acceptors (Lipinski definition) is 5. The molecule has 0 unspecified atom stereocenters. The number of nitrogens with one attached hydrogen (secondary N) is 1. The fourth-order valence-electron chi connectivity index (χ4n) is 3.97. The zero-order chi connectivity index (χ0) is 17.4. The maximum Gasteiger partial charge on any atom is 0.132 e. The SMILES string of the molecule is Cc1nc(C2CC(O)C2)cc(N(C)Cc2n[nH]c3c2CCCCC3)n1. The predicted octanol–water partition coefficient (Wildman–Crippen LogP) is 2.65. The minimum Gasteiger partial charge on any atom is -0.393 e. The van der Waals surface area contributed by atoms with E-state index >= 15 is 0 Å². The first-order chi connectivity index (χ1) is 12.1. The molecule has 0 aromatic carbocycles. The summed E-state index contributed by atoms with van der Waals surface area (Å²) in [7, 11) is 2.07. The maximum atomic E-state index is 9.57. The first-order valence-corrected chi connectivity index (χ1v) is 9.40. The first kappa shape index (κ1) is 16.5. The number of aromatic nitrogens is 4. The van der Waals surface area contributed by atoms with Crippen molar-refractivity contribution in [1.29, 1.82) is 0 Å². The average molecular weight is 341 g/mol. The van der Waals surface area contributed by atoms with Gasteiger partial charge in [0.2, 0.25) is 0 Å². The van der Waals surface area contributed by atoms with Gasteiger partial charge in [-0.2, -0.15) is 5.10 Å². The number of aryl methyl sites for hydroxylation is 2. The second-order valence-corrected chi connectivity index (χ2v) is 7.56. The Morgan fingerprint density at radius 3 is 2.80 bits per heavy atom. The monoisotopic (exact) mass is 341 g/mol. The van der Waals surface area contributed by atoms with E-state index < -0.39 is 0 Å². The van der Waals surface area contributed by atoms with Crippen molar-refractivity contribution in [2.75, 3.05) is 11.9 Å². The Hall–Kier alpha value is -1.95. The van der Waals surface area contributed by atoms with Gasteiger partial charge in [-0.15, -0.1) is 0 Å². The van der Waals surface area contributed by atoms with Crippen LogP contribution in [0.25, 0.3) is 0 Å². The largest absolute Gasteiger partial charge is 0.393 e. The van der Waals surface area contributed by atoms with Crippen molar-refractivity contribution in [2.24, 2.45) is 0 Å². The third kappa shape index (κ3) is 3.40. The van der Waals surface area contributed by atoms with Gasteiger partial charge in [0.25, 0.3) is 0 Å². The van der Waals surface area contributed by atoms with E-state index in [2.05, 4.69) is 38.2 Å². The molecule has 0 aliphatic heterocycles. The number of aliphatic hydroxyl groups excluding tert-OH is 1. The van der Waals surface area contributed by atoms with Gasteiger partial charge >= 0.3 is 0 Å². The van der Waals surface area contributed by atoms with Gasteiger partial charge in [0, 0.05) is 30.4 Å². The molecule has 2 heterocycles. The van der Waals surface area contributed by atoms with Gasteiger partial charge in [0.05, 0.1) is 18.3 Å². The van der Waals surface area contributed by atoms with Crippen molar-refractivity contribution in [1.82, 2.24) is 20.2 Å². The van der Waals surface area contributed by atoms with E-state index in [1.165, 1.54) is 30.5 Å². The van der Waals surface area contributed by atoms with Crippen LogP contribution in [0, 0.1) is 6.92 Å². The summed E-state index contributed by atoms with van der Waals surface area (Å²) in [6.07, 6.45) is 7.52. The zero-order valence-electron chi connectivity index (χ0n) is 15.1. The summed E-state index contributed by atoms with van der Waals surface area (Å²) in [5, 5.41) is 17.4. The quantitative estimate of drug-likeness (QED) is 0.836. The molecule has 0 amide bonds. The lowest BCUT2D eigenvalue weighted by molar-refractivity contribution is 0.0731. The van der Waals surface area contributed by atoms with Crippen LogP contribution in [0.1, 0.15) is 66.5 Å². The molecule has 0 spiro atoms. The van der Waals surface area contributed by atoms with Gasteiger partial charge in [0.15, 0.2) is 0 Å². The number of aromatic amines is 1. The summed E-state index contributed by atoms with van der Waals surface area (Å²) in [5.41, 5.74) is 4.94. The molecule has 0 radical (unpaired) electrons. The van der Waals surface area contributed by atoms with E-state index in [0.717, 1.165) is 55.3 Å². The van der Waals surface area contributed by atoms with Crippen molar-refractivity contribution in [3.05, 3.63) is 34.5 Å². The Balaban J connectivity index is 1.53. The van der Waals surface area contributed by atoms with E-state index in [4.69, 9.17) is 0 Å². The summed E-state index contributed by atoms with van der Waals surface area (Å²) in [5.74, 6) is 2.10. The van der Waals surface area contributed by atoms with Crippen molar-refractivity contribution in [3.8, 4) is 0 Å². The molecular formula is C19H27N5O. The van der Waals surface area contributed by atoms with Gasteiger partial charge in [0.1, 0.15) is 11.6 Å². The van der Waals surface area contributed by atoms with Gasteiger partial charge in [-0.25, -0.2) is 9.97 Å². The minimum absolute atomic E-state index is 0.166. The van der Waals surface area contributed by atoms with Crippen molar-refractivity contribution >= 4 is 5.82 Å². The molecule has 1 fully saturated rings. The molecule has 2 aromatic rings. The Labute approximate surface area is 148 Å². The molecule has 25 heavy (non-hydrogen) atoms. The number of anilines is 1. The molecule has 2 aliphatic carbocycles. The van der Waals surface area contributed by atoms with Crippen LogP contribution >= 0.6 is 0 Å². The highest BCUT2D eigenvalue weighted by Gasteiger charge is 2.30. The topological polar surface area (TPSA) is 77.9 Å². The lowest BCUT2D eigenvalue weighted by Gasteiger charge is -2.31. The number of H-pyrrole nitrogens is 1. The van der Waals surface area contributed by atoms with Crippen molar-refractivity contribution < 1.29 is 5.11 Å². The lowest BCUT2D eigenvalue weighted by Crippen LogP contribution is -2.28. The van der Waals surface area contributed by atoms with Crippen molar-refractivity contribution in [3.63, 3.8) is 0 Å². The average Bonchev–Trinajstić information content (AvgIpc) is 2.78. The predicted molar refractivity (Wildman–Crippen MR) is 96.7 cm³/mol. The Bertz CT molecular complexity index is 750. The summed E-state index contributed by atoms with van der Waals surface area (Å²) < 4.78 is 0. The van der Waals surface area contributed by atoms with Crippen LogP contribution in [0.5, 0.6) is 0 Å². The van der Waals surface area contributed by atoms with E-state index in [9.17, 15) is 5.11 Å². The third-order valence-electron chi connectivity index (χ3n) is 5.55. The van der Waals surface area contributed by atoms with Gasteiger partial charge in [-0.3, -0.25) is 5.10 Å². The number of nitrogens with zero attached hydrogens (tertiary/aromatic N) is 4. The molecule has 2 aromatic heterocycles. The molecule has 0 saturated heterocycles. The minimum atomic E-state index is -0.166. The van der Waals surface area contributed by atoms with E-state index in [-0.39, 0.29) is 6.10 Å². The number of aliphatic hydroxyl groups is 1.